The minimum absolute atomic E-state index is 0.0464. The molecule has 1 aromatic carbocycles. The lowest BCUT2D eigenvalue weighted by atomic mass is 10.2. The Labute approximate surface area is 110 Å². The van der Waals surface area contributed by atoms with Crippen LogP contribution < -0.4 is 5.32 Å². The number of carbonyl (C=O) groups is 2. The van der Waals surface area contributed by atoms with Gasteiger partial charge in [0, 0.05) is 24.7 Å². The van der Waals surface area contributed by atoms with E-state index in [-0.39, 0.29) is 23.7 Å². The van der Waals surface area contributed by atoms with Crippen LogP contribution >= 0.6 is 0 Å². The van der Waals surface area contributed by atoms with Crippen molar-refractivity contribution in [2.45, 2.75) is 12.5 Å². The van der Waals surface area contributed by atoms with Crippen molar-refractivity contribution in [3.8, 4) is 0 Å². The SMILES string of the molecule is C=CC(=O)NC1CCN(C(=O)c2ccc(F)cc2)C1. The molecular formula is C14H15FN2O2. The quantitative estimate of drug-likeness (QED) is 0.836. The van der Waals surface area contributed by atoms with Crippen molar-refractivity contribution in [1.29, 1.82) is 0 Å². The van der Waals surface area contributed by atoms with Crippen molar-refractivity contribution < 1.29 is 14.0 Å². The van der Waals surface area contributed by atoms with Crippen LogP contribution in [0.5, 0.6) is 0 Å². The Morgan fingerprint density at radius 3 is 2.68 bits per heavy atom. The topological polar surface area (TPSA) is 49.4 Å². The van der Waals surface area contributed by atoms with Crippen molar-refractivity contribution >= 4 is 11.8 Å². The van der Waals surface area contributed by atoms with Gasteiger partial charge in [-0.05, 0) is 36.8 Å². The highest BCUT2D eigenvalue weighted by molar-refractivity contribution is 5.94. The summed E-state index contributed by atoms with van der Waals surface area (Å²) in [6.45, 7) is 4.43. The van der Waals surface area contributed by atoms with Crippen LogP contribution in [0.4, 0.5) is 4.39 Å². The second kappa shape index (κ2) is 5.65. The van der Waals surface area contributed by atoms with Gasteiger partial charge in [-0.1, -0.05) is 6.58 Å². The van der Waals surface area contributed by atoms with Gasteiger partial charge in [0.25, 0.3) is 5.91 Å². The van der Waals surface area contributed by atoms with Crippen LogP contribution in [0, 0.1) is 5.82 Å². The Hall–Kier alpha value is -2.17. The third kappa shape index (κ3) is 3.19. The maximum Gasteiger partial charge on any atom is 0.253 e. The Balaban J connectivity index is 1.96. The van der Waals surface area contributed by atoms with Crippen molar-refractivity contribution in [3.05, 3.63) is 48.3 Å². The maximum absolute atomic E-state index is 12.8. The minimum atomic E-state index is -0.367. The fourth-order valence-corrected chi connectivity index (χ4v) is 2.10. The van der Waals surface area contributed by atoms with Gasteiger partial charge < -0.3 is 10.2 Å². The highest BCUT2D eigenvalue weighted by Crippen LogP contribution is 2.14. The molecule has 1 aliphatic rings. The van der Waals surface area contributed by atoms with Gasteiger partial charge in [-0.2, -0.15) is 0 Å². The number of benzene rings is 1. The molecule has 1 heterocycles. The normalized spacial score (nSPS) is 18.2. The molecule has 0 saturated carbocycles. The van der Waals surface area contributed by atoms with E-state index in [4.69, 9.17) is 0 Å². The number of likely N-dealkylation sites (tertiary alicyclic amines) is 1. The number of carbonyl (C=O) groups excluding carboxylic acids is 2. The summed E-state index contributed by atoms with van der Waals surface area (Å²) < 4.78 is 12.8. The van der Waals surface area contributed by atoms with E-state index in [1.807, 2.05) is 0 Å². The molecule has 0 aromatic heterocycles. The van der Waals surface area contributed by atoms with Crippen LogP contribution in [0.15, 0.2) is 36.9 Å². The zero-order valence-corrected chi connectivity index (χ0v) is 10.4. The van der Waals surface area contributed by atoms with Gasteiger partial charge in [-0.15, -0.1) is 0 Å². The average molecular weight is 262 g/mol. The predicted molar refractivity (Wildman–Crippen MR) is 69.0 cm³/mol. The van der Waals surface area contributed by atoms with Crippen molar-refractivity contribution in [1.82, 2.24) is 10.2 Å². The summed E-state index contributed by atoms with van der Waals surface area (Å²) in [5, 5.41) is 2.76. The van der Waals surface area contributed by atoms with E-state index in [9.17, 15) is 14.0 Å². The predicted octanol–water partition coefficient (Wildman–Crippen LogP) is 1.34. The van der Waals surface area contributed by atoms with Gasteiger partial charge in [0.15, 0.2) is 0 Å². The summed E-state index contributed by atoms with van der Waals surface area (Å²) in [5.74, 6) is -0.745. The van der Waals surface area contributed by atoms with E-state index in [2.05, 4.69) is 11.9 Å². The molecule has 1 saturated heterocycles. The molecule has 5 heteroatoms. The Morgan fingerprint density at radius 2 is 2.05 bits per heavy atom. The Kier molecular flexibility index (Phi) is 3.94. The molecule has 4 nitrogen and oxygen atoms in total. The van der Waals surface area contributed by atoms with Crippen molar-refractivity contribution in [2.75, 3.05) is 13.1 Å². The molecular weight excluding hydrogens is 247 g/mol. The highest BCUT2D eigenvalue weighted by atomic mass is 19.1. The summed E-state index contributed by atoms with van der Waals surface area (Å²) in [6.07, 6.45) is 1.93. The van der Waals surface area contributed by atoms with Crippen LogP contribution in [0.2, 0.25) is 0 Å². The number of rotatable bonds is 3. The Morgan fingerprint density at radius 1 is 1.37 bits per heavy atom. The molecule has 0 spiro atoms. The van der Waals surface area contributed by atoms with E-state index in [0.717, 1.165) is 0 Å². The van der Waals surface area contributed by atoms with Gasteiger partial charge in [-0.3, -0.25) is 9.59 Å². The van der Waals surface area contributed by atoms with E-state index < -0.39 is 0 Å². The third-order valence-corrected chi connectivity index (χ3v) is 3.10. The summed E-state index contributed by atoms with van der Waals surface area (Å²) in [5.41, 5.74) is 0.456. The highest BCUT2D eigenvalue weighted by Gasteiger charge is 2.27. The fourth-order valence-electron chi connectivity index (χ4n) is 2.10. The molecule has 2 rings (SSSR count). The average Bonchev–Trinajstić information content (AvgIpc) is 2.87. The Bertz CT molecular complexity index is 499. The van der Waals surface area contributed by atoms with Crippen LogP contribution in [0.1, 0.15) is 16.8 Å². The molecule has 1 unspecified atom stereocenters. The lowest BCUT2D eigenvalue weighted by Gasteiger charge is -2.16. The number of hydrogen-bond acceptors (Lipinski definition) is 2. The lowest BCUT2D eigenvalue weighted by molar-refractivity contribution is -0.117. The molecule has 1 N–H and O–H groups in total. The fraction of sp³-hybridized carbons (Fsp3) is 0.286. The van der Waals surface area contributed by atoms with Gasteiger partial charge in [0.2, 0.25) is 5.91 Å². The van der Waals surface area contributed by atoms with Crippen LogP contribution in [-0.2, 0) is 4.79 Å². The van der Waals surface area contributed by atoms with Crippen LogP contribution in [0.25, 0.3) is 0 Å². The van der Waals surface area contributed by atoms with Gasteiger partial charge >= 0.3 is 0 Å². The summed E-state index contributed by atoms with van der Waals surface area (Å²) in [7, 11) is 0. The first-order valence-electron chi connectivity index (χ1n) is 6.08. The monoisotopic (exact) mass is 262 g/mol. The van der Waals surface area contributed by atoms with Crippen molar-refractivity contribution in [2.24, 2.45) is 0 Å². The molecule has 1 aromatic rings. The molecule has 2 amide bonds. The van der Waals surface area contributed by atoms with E-state index in [1.54, 1.807) is 4.90 Å². The first kappa shape index (κ1) is 13.3. The molecule has 1 atom stereocenters. The van der Waals surface area contributed by atoms with Gasteiger partial charge in [0.05, 0.1) is 0 Å². The number of nitrogens with zero attached hydrogens (tertiary/aromatic N) is 1. The molecule has 0 bridgehead atoms. The van der Waals surface area contributed by atoms with E-state index in [1.165, 1.54) is 30.3 Å². The molecule has 0 radical (unpaired) electrons. The van der Waals surface area contributed by atoms with Gasteiger partial charge in [0.1, 0.15) is 5.82 Å². The van der Waals surface area contributed by atoms with E-state index >= 15 is 0 Å². The van der Waals surface area contributed by atoms with Crippen LogP contribution in [0.3, 0.4) is 0 Å². The van der Waals surface area contributed by atoms with Crippen molar-refractivity contribution in [3.63, 3.8) is 0 Å². The smallest absolute Gasteiger partial charge is 0.253 e. The van der Waals surface area contributed by atoms with Crippen LogP contribution in [-0.4, -0.2) is 35.8 Å². The minimum Gasteiger partial charge on any atom is -0.348 e. The number of hydrogen-bond donors (Lipinski definition) is 1. The van der Waals surface area contributed by atoms with E-state index in [0.29, 0.717) is 25.1 Å². The maximum atomic E-state index is 12.8. The molecule has 1 aliphatic heterocycles. The number of halogens is 1. The number of amides is 2. The molecule has 0 aliphatic carbocycles. The first-order valence-corrected chi connectivity index (χ1v) is 6.08. The summed E-state index contributed by atoms with van der Waals surface area (Å²) in [6, 6.07) is 5.41. The first-order chi connectivity index (χ1) is 9.10. The summed E-state index contributed by atoms with van der Waals surface area (Å²) in [4.78, 5) is 25.0. The zero-order chi connectivity index (χ0) is 13.8. The largest absolute Gasteiger partial charge is 0.348 e. The lowest BCUT2D eigenvalue weighted by Crippen LogP contribution is -2.37. The molecule has 100 valence electrons. The number of nitrogens with one attached hydrogen (secondary N) is 1. The second-order valence-corrected chi connectivity index (χ2v) is 4.46. The third-order valence-electron chi connectivity index (χ3n) is 3.10. The zero-order valence-electron chi connectivity index (χ0n) is 10.4. The second-order valence-electron chi connectivity index (χ2n) is 4.46. The molecule has 1 fully saturated rings. The summed E-state index contributed by atoms with van der Waals surface area (Å²) >= 11 is 0. The molecule has 19 heavy (non-hydrogen) atoms. The van der Waals surface area contributed by atoms with Gasteiger partial charge in [-0.25, -0.2) is 4.39 Å². The standard InChI is InChI=1S/C14H15FN2O2/c1-2-13(18)16-12-7-8-17(9-12)14(19)10-3-5-11(15)6-4-10/h2-6,12H,1,7-9H2,(H,16,18).